The van der Waals surface area contributed by atoms with Crippen molar-refractivity contribution >= 4 is 23.1 Å². The Morgan fingerprint density at radius 3 is 2.94 bits per heavy atom. The number of carbonyl (C=O) groups is 1. The summed E-state index contributed by atoms with van der Waals surface area (Å²) in [6.07, 6.45) is 0. The fourth-order valence-electron chi connectivity index (χ4n) is 1.42. The molecule has 18 heavy (non-hydrogen) atoms. The number of rotatable bonds is 3. The number of hydrogen-bond acceptors (Lipinski definition) is 3. The second-order valence-electron chi connectivity index (χ2n) is 3.58. The lowest BCUT2D eigenvalue weighted by Crippen LogP contribution is -2.27. The van der Waals surface area contributed by atoms with E-state index in [1.807, 2.05) is 23.6 Å². The zero-order chi connectivity index (χ0) is 12.8. The summed E-state index contributed by atoms with van der Waals surface area (Å²) in [6.45, 7) is 0.501. The second-order valence-corrected chi connectivity index (χ2v) is 4.61. The van der Waals surface area contributed by atoms with Crippen LogP contribution in [0.2, 0.25) is 0 Å². The number of carbonyl (C=O) groups excluding carboxylic acids is 1. The summed E-state index contributed by atoms with van der Waals surface area (Å²) < 4.78 is 0. The highest BCUT2D eigenvalue weighted by Gasteiger charge is 2.02. The molecule has 0 saturated heterocycles. The third-order valence-electron chi connectivity index (χ3n) is 2.25. The average molecular weight is 257 g/mol. The van der Waals surface area contributed by atoms with Crippen LogP contribution in [-0.2, 0) is 6.54 Å². The maximum atomic E-state index is 11.6. The average Bonchev–Trinajstić information content (AvgIpc) is 2.90. The van der Waals surface area contributed by atoms with E-state index < -0.39 is 0 Å². The van der Waals surface area contributed by atoms with Gasteiger partial charge in [-0.1, -0.05) is 12.1 Å². The van der Waals surface area contributed by atoms with Crippen LogP contribution in [0.25, 0.3) is 0 Å². The molecule has 1 aromatic carbocycles. The van der Waals surface area contributed by atoms with E-state index in [0.717, 1.165) is 4.88 Å². The molecule has 2 rings (SSSR count). The van der Waals surface area contributed by atoms with E-state index in [2.05, 4.69) is 10.6 Å². The molecule has 0 aliphatic rings. The summed E-state index contributed by atoms with van der Waals surface area (Å²) in [4.78, 5) is 12.7. The first-order valence-corrected chi connectivity index (χ1v) is 6.23. The fraction of sp³-hybridized carbons (Fsp3) is 0.0769. The van der Waals surface area contributed by atoms with Gasteiger partial charge < -0.3 is 10.6 Å². The lowest BCUT2D eigenvalue weighted by molar-refractivity contribution is 0.252. The molecule has 0 bridgehead atoms. The van der Waals surface area contributed by atoms with Crippen molar-refractivity contribution in [2.24, 2.45) is 0 Å². The number of nitrogens with one attached hydrogen (secondary N) is 2. The van der Waals surface area contributed by atoms with Crippen LogP contribution >= 0.6 is 11.3 Å². The molecule has 90 valence electrons. The zero-order valence-corrected chi connectivity index (χ0v) is 10.3. The summed E-state index contributed by atoms with van der Waals surface area (Å²) >= 11 is 1.59. The number of nitrogens with zero attached hydrogens (tertiary/aromatic N) is 1. The van der Waals surface area contributed by atoms with Crippen molar-refractivity contribution in [3.8, 4) is 6.07 Å². The molecule has 0 unspecified atom stereocenters. The molecule has 0 saturated carbocycles. The van der Waals surface area contributed by atoms with Crippen LogP contribution in [0, 0.1) is 11.3 Å². The number of benzene rings is 1. The molecule has 2 aromatic rings. The van der Waals surface area contributed by atoms with Gasteiger partial charge in [0.15, 0.2) is 0 Å². The molecule has 0 fully saturated rings. The van der Waals surface area contributed by atoms with Gasteiger partial charge in [0.1, 0.15) is 0 Å². The Kier molecular flexibility index (Phi) is 3.94. The van der Waals surface area contributed by atoms with Crippen molar-refractivity contribution in [1.29, 1.82) is 5.26 Å². The predicted molar refractivity (Wildman–Crippen MR) is 71.3 cm³/mol. The SMILES string of the molecule is N#Cc1cccc(NC(=O)NCc2cccs2)c1. The van der Waals surface area contributed by atoms with Gasteiger partial charge in [0.25, 0.3) is 0 Å². The van der Waals surface area contributed by atoms with Crippen LogP contribution in [0.1, 0.15) is 10.4 Å². The third kappa shape index (κ3) is 3.34. The molecule has 0 radical (unpaired) electrons. The molecule has 0 aliphatic heterocycles. The number of nitriles is 1. The Morgan fingerprint density at radius 2 is 2.22 bits per heavy atom. The number of urea groups is 1. The standard InChI is InChI=1S/C13H11N3OS/c14-8-10-3-1-4-11(7-10)16-13(17)15-9-12-5-2-6-18-12/h1-7H,9H2,(H2,15,16,17). The van der Waals surface area contributed by atoms with E-state index in [1.54, 1.807) is 35.6 Å². The van der Waals surface area contributed by atoms with Crippen molar-refractivity contribution in [3.05, 3.63) is 52.2 Å². The van der Waals surface area contributed by atoms with Crippen molar-refractivity contribution in [1.82, 2.24) is 5.32 Å². The maximum absolute atomic E-state index is 11.6. The number of hydrogen-bond donors (Lipinski definition) is 2. The summed E-state index contributed by atoms with van der Waals surface area (Å²) in [5.74, 6) is 0. The topological polar surface area (TPSA) is 64.9 Å². The largest absolute Gasteiger partial charge is 0.333 e. The Labute approximate surface area is 109 Å². The van der Waals surface area contributed by atoms with E-state index in [1.165, 1.54) is 0 Å². The lowest BCUT2D eigenvalue weighted by atomic mass is 10.2. The normalized spacial score (nSPS) is 9.50. The molecular weight excluding hydrogens is 246 g/mol. The smallest absolute Gasteiger partial charge is 0.319 e. The Bertz CT molecular complexity index is 572. The highest BCUT2D eigenvalue weighted by atomic mass is 32.1. The molecule has 4 nitrogen and oxygen atoms in total. The van der Waals surface area contributed by atoms with Gasteiger partial charge in [-0.15, -0.1) is 11.3 Å². The van der Waals surface area contributed by atoms with Crippen LogP contribution in [0.3, 0.4) is 0 Å². The Morgan fingerprint density at radius 1 is 1.33 bits per heavy atom. The van der Waals surface area contributed by atoms with E-state index in [4.69, 9.17) is 5.26 Å². The molecular formula is C13H11N3OS. The second kappa shape index (κ2) is 5.84. The summed E-state index contributed by atoms with van der Waals surface area (Å²) in [7, 11) is 0. The van der Waals surface area contributed by atoms with Crippen molar-refractivity contribution in [2.75, 3.05) is 5.32 Å². The molecule has 0 atom stereocenters. The van der Waals surface area contributed by atoms with Gasteiger partial charge in [0.05, 0.1) is 18.2 Å². The van der Waals surface area contributed by atoms with Crippen LogP contribution < -0.4 is 10.6 Å². The maximum Gasteiger partial charge on any atom is 0.319 e. The van der Waals surface area contributed by atoms with Gasteiger partial charge in [-0.05, 0) is 29.6 Å². The molecule has 5 heteroatoms. The first-order chi connectivity index (χ1) is 8.78. The highest BCUT2D eigenvalue weighted by Crippen LogP contribution is 2.10. The first kappa shape index (κ1) is 12.1. The van der Waals surface area contributed by atoms with Crippen LogP contribution in [-0.4, -0.2) is 6.03 Å². The van der Waals surface area contributed by atoms with E-state index in [9.17, 15) is 4.79 Å². The number of amides is 2. The fourth-order valence-corrected chi connectivity index (χ4v) is 2.07. The van der Waals surface area contributed by atoms with Crippen LogP contribution in [0.4, 0.5) is 10.5 Å². The summed E-state index contributed by atoms with van der Waals surface area (Å²) in [5, 5.41) is 16.1. The minimum absolute atomic E-state index is 0.279. The molecule has 2 amide bonds. The van der Waals surface area contributed by atoms with Crippen molar-refractivity contribution in [3.63, 3.8) is 0 Å². The van der Waals surface area contributed by atoms with E-state index in [-0.39, 0.29) is 6.03 Å². The minimum Gasteiger partial charge on any atom is -0.333 e. The van der Waals surface area contributed by atoms with Gasteiger partial charge in [0, 0.05) is 10.6 Å². The molecule has 0 aliphatic carbocycles. The monoisotopic (exact) mass is 257 g/mol. The van der Waals surface area contributed by atoms with Gasteiger partial charge in [-0.3, -0.25) is 0 Å². The Balaban J connectivity index is 1.89. The summed E-state index contributed by atoms with van der Waals surface area (Å²) in [5.41, 5.74) is 1.13. The lowest BCUT2D eigenvalue weighted by Gasteiger charge is -2.06. The van der Waals surface area contributed by atoms with Crippen LogP contribution in [0.5, 0.6) is 0 Å². The predicted octanol–water partition coefficient (Wildman–Crippen LogP) is 2.94. The van der Waals surface area contributed by atoms with E-state index >= 15 is 0 Å². The quantitative estimate of drug-likeness (QED) is 0.887. The van der Waals surface area contributed by atoms with Crippen molar-refractivity contribution in [2.45, 2.75) is 6.54 Å². The zero-order valence-electron chi connectivity index (χ0n) is 9.51. The van der Waals surface area contributed by atoms with Crippen LogP contribution in [0.15, 0.2) is 41.8 Å². The molecule has 1 heterocycles. The van der Waals surface area contributed by atoms with Gasteiger partial charge in [-0.2, -0.15) is 5.26 Å². The number of anilines is 1. The highest BCUT2D eigenvalue weighted by molar-refractivity contribution is 7.09. The molecule has 0 spiro atoms. The van der Waals surface area contributed by atoms with Gasteiger partial charge in [0.2, 0.25) is 0 Å². The molecule has 1 aromatic heterocycles. The minimum atomic E-state index is -0.279. The Hall–Kier alpha value is -2.32. The van der Waals surface area contributed by atoms with Gasteiger partial charge in [-0.25, -0.2) is 4.79 Å². The van der Waals surface area contributed by atoms with Gasteiger partial charge >= 0.3 is 6.03 Å². The van der Waals surface area contributed by atoms with E-state index in [0.29, 0.717) is 17.8 Å². The van der Waals surface area contributed by atoms with Crippen molar-refractivity contribution < 1.29 is 4.79 Å². The third-order valence-corrected chi connectivity index (χ3v) is 3.13. The number of thiophene rings is 1. The summed E-state index contributed by atoms with van der Waals surface area (Å²) in [6, 6.07) is 12.4. The molecule has 2 N–H and O–H groups in total. The first-order valence-electron chi connectivity index (χ1n) is 5.35.